The van der Waals surface area contributed by atoms with Crippen molar-refractivity contribution in [3.05, 3.63) is 60.2 Å². The highest BCUT2D eigenvalue weighted by Gasteiger charge is 2.31. The fraction of sp³-hybridized carbons (Fsp3) is 0.350. The highest BCUT2D eigenvalue weighted by Crippen LogP contribution is 2.21. The van der Waals surface area contributed by atoms with Crippen molar-refractivity contribution in [2.45, 2.75) is 39.4 Å². The van der Waals surface area contributed by atoms with Crippen LogP contribution in [0.15, 0.2) is 54.6 Å². The highest BCUT2D eigenvalue weighted by molar-refractivity contribution is 5.97. The van der Waals surface area contributed by atoms with Gasteiger partial charge in [0.15, 0.2) is 0 Å². The lowest BCUT2D eigenvalue weighted by atomic mass is 10.0. The summed E-state index contributed by atoms with van der Waals surface area (Å²) >= 11 is 0. The first kappa shape index (κ1) is 18.0. The van der Waals surface area contributed by atoms with Crippen molar-refractivity contribution in [2.24, 2.45) is 0 Å². The number of anilines is 1. The minimum absolute atomic E-state index is 0.134. The van der Waals surface area contributed by atoms with Gasteiger partial charge in [0.2, 0.25) is 0 Å². The van der Waals surface area contributed by atoms with Gasteiger partial charge in [0.05, 0.1) is 0 Å². The maximum Gasteiger partial charge on any atom is 0.256 e. The molecular weight excluding hydrogens is 302 g/mol. The molecule has 0 fully saturated rings. The third kappa shape index (κ3) is 4.83. The van der Waals surface area contributed by atoms with E-state index in [1.807, 2.05) is 75.4 Å². The summed E-state index contributed by atoms with van der Waals surface area (Å²) in [5, 5.41) is 2.90. The molecule has 2 aromatic carbocycles. The molecular formula is C20H25NO3. The minimum atomic E-state index is -0.808. The quantitative estimate of drug-likeness (QED) is 0.781. The Balaban J connectivity index is 1.93. The van der Waals surface area contributed by atoms with E-state index >= 15 is 0 Å². The summed E-state index contributed by atoms with van der Waals surface area (Å²) < 4.78 is 11.3. The number of hydrogen-bond acceptors (Lipinski definition) is 3. The summed E-state index contributed by atoms with van der Waals surface area (Å²) in [6.45, 7) is 6.66. The van der Waals surface area contributed by atoms with Gasteiger partial charge in [-0.15, -0.1) is 0 Å². The topological polar surface area (TPSA) is 47.6 Å². The van der Waals surface area contributed by atoms with E-state index in [0.29, 0.717) is 19.6 Å². The maximum atomic E-state index is 12.4. The third-order valence-electron chi connectivity index (χ3n) is 3.98. The van der Waals surface area contributed by atoms with Crippen molar-refractivity contribution in [1.29, 1.82) is 0 Å². The molecule has 2 aromatic rings. The molecule has 0 saturated heterocycles. The van der Waals surface area contributed by atoms with Crippen molar-refractivity contribution >= 4 is 11.6 Å². The van der Waals surface area contributed by atoms with Gasteiger partial charge in [-0.3, -0.25) is 4.79 Å². The molecule has 1 N–H and O–H groups in total. The number of carbonyl (C=O) groups is 1. The van der Waals surface area contributed by atoms with Gasteiger partial charge in [-0.25, -0.2) is 0 Å². The van der Waals surface area contributed by atoms with Crippen molar-refractivity contribution in [3.63, 3.8) is 0 Å². The molecule has 1 atom stereocenters. The Bertz CT molecular complexity index is 640. The Kier molecular flexibility index (Phi) is 6.38. The Morgan fingerprint density at radius 1 is 1.04 bits per heavy atom. The molecule has 128 valence electrons. The molecule has 0 saturated carbocycles. The van der Waals surface area contributed by atoms with Crippen molar-refractivity contribution in [2.75, 3.05) is 11.9 Å². The monoisotopic (exact) mass is 327 g/mol. The van der Waals surface area contributed by atoms with Crippen LogP contribution < -0.4 is 10.1 Å². The van der Waals surface area contributed by atoms with Crippen LogP contribution in [0, 0.1) is 0 Å². The largest absolute Gasteiger partial charge is 0.489 e. The number of nitrogens with one attached hydrogen (secondary N) is 1. The van der Waals surface area contributed by atoms with Crippen LogP contribution in [-0.2, 0) is 16.1 Å². The molecule has 0 aromatic heterocycles. The molecule has 1 amide bonds. The Hall–Kier alpha value is -2.33. The number of benzene rings is 2. The SMILES string of the molecule is CCOC(C)(CC)C(=O)Nc1ccc(OCc2ccccc2)cc1. The molecule has 0 bridgehead atoms. The first-order valence-corrected chi connectivity index (χ1v) is 8.29. The predicted octanol–water partition coefficient (Wildman–Crippen LogP) is 4.41. The zero-order valence-corrected chi connectivity index (χ0v) is 14.5. The zero-order valence-electron chi connectivity index (χ0n) is 14.5. The molecule has 2 rings (SSSR count). The van der Waals surface area contributed by atoms with Crippen LogP contribution in [0.25, 0.3) is 0 Å². The summed E-state index contributed by atoms with van der Waals surface area (Å²) in [4.78, 5) is 12.4. The summed E-state index contributed by atoms with van der Waals surface area (Å²) in [7, 11) is 0. The standard InChI is InChI=1S/C20H25NO3/c1-4-20(3,24-5-2)19(22)21-17-11-13-18(14-12-17)23-15-16-9-7-6-8-10-16/h6-14H,4-5,15H2,1-3H3,(H,21,22). The number of ether oxygens (including phenoxy) is 2. The van der Waals surface area contributed by atoms with E-state index in [-0.39, 0.29) is 5.91 Å². The molecule has 0 aliphatic rings. The first-order chi connectivity index (χ1) is 11.6. The third-order valence-corrected chi connectivity index (χ3v) is 3.98. The van der Waals surface area contributed by atoms with Crippen LogP contribution in [0.4, 0.5) is 5.69 Å². The Labute approximate surface area is 143 Å². The number of amides is 1. The number of carbonyl (C=O) groups excluding carboxylic acids is 1. The Morgan fingerprint density at radius 3 is 2.29 bits per heavy atom. The van der Waals surface area contributed by atoms with Gasteiger partial charge in [-0.1, -0.05) is 37.3 Å². The summed E-state index contributed by atoms with van der Waals surface area (Å²) in [6.07, 6.45) is 0.616. The van der Waals surface area contributed by atoms with Gasteiger partial charge in [0, 0.05) is 12.3 Å². The van der Waals surface area contributed by atoms with E-state index in [2.05, 4.69) is 5.32 Å². The van der Waals surface area contributed by atoms with Crippen LogP contribution in [0.2, 0.25) is 0 Å². The van der Waals surface area contributed by atoms with Gasteiger partial charge in [0.1, 0.15) is 18.0 Å². The first-order valence-electron chi connectivity index (χ1n) is 8.29. The zero-order chi connectivity index (χ0) is 17.4. The Morgan fingerprint density at radius 2 is 1.71 bits per heavy atom. The molecule has 0 heterocycles. The van der Waals surface area contributed by atoms with E-state index in [4.69, 9.17) is 9.47 Å². The summed E-state index contributed by atoms with van der Waals surface area (Å²) in [5.74, 6) is 0.629. The van der Waals surface area contributed by atoms with Crippen molar-refractivity contribution in [3.8, 4) is 5.75 Å². The molecule has 0 radical (unpaired) electrons. The van der Waals surface area contributed by atoms with E-state index in [9.17, 15) is 4.79 Å². The molecule has 0 aliphatic carbocycles. The van der Waals surface area contributed by atoms with Crippen LogP contribution in [0.1, 0.15) is 32.8 Å². The lowest BCUT2D eigenvalue weighted by molar-refractivity contribution is -0.139. The van der Waals surface area contributed by atoms with Crippen LogP contribution >= 0.6 is 0 Å². The van der Waals surface area contributed by atoms with Crippen molar-refractivity contribution < 1.29 is 14.3 Å². The smallest absolute Gasteiger partial charge is 0.256 e. The summed E-state index contributed by atoms with van der Waals surface area (Å²) in [6, 6.07) is 17.4. The molecule has 4 nitrogen and oxygen atoms in total. The van der Waals surface area contributed by atoms with Gasteiger partial charge in [0.25, 0.3) is 5.91 Å². The average molecular weight is 327 g/mol. The number of hydrogen-bond donors (Lipinski definition) is 1. The second-order valence-electron chi connectivity index (χ2n) is 5.77. The van der Waals surface area contributed by atoms with Gasteiger partial charge in [-0.05, 0) is 50.1 Å². The molecule has 0 aliphatic heterocycles. The average Bonchev–Trinajstić information content (AvgIpc) is 2.62. The second kappa shape index (κ2) is 8.50. The fourth-order valence-electron chi connectivity index (χ4n) is 2.29. The van der Waals surface area contributed by atoms with Gasteiger partial charge < -0.3 is 14.8 Å². The van der Waals surface area contributed by atoms with Crippen LogP contribution in [0.3, 0.4) is 0 Å². The lowest BCUT2D eigenvalue weighted by Crippen LogP contribution is -2.42. The van der Waals surface area contributed by atoms with E-state index in [1.54, 1.807) is 0 Å². The second-order valence-corrected chi connectivity index (χ2v) is 5.77. The summed E-state index contributed by atoms with van der Waals surface area (Å²) in [5.41, 5.74) is 1.04. The minimum Gasteiger partial charge on any atom is -0.489 e. The molecule has 4 heteroatoms. The fourth-order valence-corrected chi connectivity index (χ4v) is 2.29. The lowest BCUT2D eigenvalue weighted by Gasteiger charge is -2.26. The molecule has 0 spiro atoms. The maximum absolute atomic E-state index is 12.4. The molecule has 1 unspecified atom stereocenters. The normalized spacial score (nSPS) is 13.1. The van der Waals surface area contributed by atoms with E-state index in [1.165, 1.54) is 0 Å². The highest BCUT2D eigenvalue weighted by atomic mass is 16.5. The van der Waals surface area contributed by atoms with E-state index < -0.39 is 5.60 Å². The number of rotatable bonds is 8. The predicted molar refractivity (Wildman–Crippen MR) is 96.2 cm³/mol. The van der Waals surface area contributed by atoms with E-state index in [0.717, 1.165) is 17.0 Å². The van der Waals surface area contributed by atoms with Crippen molar-refractivity contribution in [1.82, 2.24) is 0 Å². The van der Waals surface area contributed by atoms with Crippen LogP contribution in [0.5, 0.6) is 5.75 Å². The molecule has 24 heavy (non-hydrogen) atoms. The van der Waals surface area contributed by atoms with Gasteiger partial charge >= 0.3 is 0 Å². The van der Waals surface area contributed by atoms with Crippen LogP contribution in [-0.4, -0.2) is 18.1 Å². The van der Waals surface area contributed by atoms with Gasteiger partial charge in [-0.2, -0.15) is 0 Å².